The van der Waals surface area contributed by atoms with Gasteiger partial charge in [-0.25, -0.2) is 4.98 Å². The predicted octanol–water partition coefficient (Wildman–Crippen LogP) is 4.27. The first-order valence-electron chi connectivity index (χ1n) is 8.01. The molecule has 3 rings (SSSR count). The van der Waals surface area contributed by atoms with Gasteiger partial charge in [0.2, 0.25) is 0 Å². The predicted molar refractivity (Wildman–Crippen MR) is 87.7 cm³/mol. The molecule has 0 spiro atoms. The molecule has 0 fully saturated rings. The first-order chi connectivity index (χ1) is 10.8. The number of nitrogens with zero attached hydrogens (tertiary/aromatic N) is 3. The minimum absolute atomic E-state index is 0.424. The van der Waals surface area contributed by atoms with E-state index in [2.05, 4.69) is 28.4 Å². The van der Waals surface area contributed by atoms with Crippen LogP contribution in [0.3, 0.4) is 0 Å². The highest BCUT2D eigenvalue weighted by Gasteiger charge is 2.18. The van der Waals surface area contributed by atoms with E-state index in [-0.39, 0.29) is 0 Å². The Balaban J connectivity index is 1.84. The van der Waals surface area contributed by atoms with E-state index >= 15 is 0 Å². The molecule has 0 saturated carbocycles. The first-order valence-corrected chi connectivity index (χ1v) is 8.01. The molecule has 0 radical (unpaired) electrons. The molecule has 0 aliphatic heterocycles. The smallest absolute Gasteiger partial charge is 0.138 e. The molecule has 4 nitrogen and oxygen atoms in total. The molecule has 0 N–H and O–H groups in total. The maximum atomic E-state index is 5.92. The van der Waals surface area contributed by atoms with E-state index in [0.29, 0.717) is 12.6 Å². The van der Waals surface area contributed by atoms with Crippen LogP contribution in [0.25, 0.3) is 5.57 Å². The van der Waals surface area contributed by atoms with Crippen LogP contribution in [0.2, 0.25) is 0 Å². The summed E-state index contributed by atoms with van der Waals surface area (Å²) in [5, 5.41) is 0. The van der Waals surface area contributed by atoms with Crippen molar-refractivity contribution < 1.29 is 4.74 Å². The molecule has 0 saturated heterocycles. The molecule has 116 valence electrons. The largest absolute Gasteiger partial charge is 0.488 e. The molecule has 0 unspecified atom stereocenters. The Kier molecular flexibility index (Phi) is 4.56. The number of imidazole rings is 1. The first kappa shape index (κ1) is 14.8. The van der Waals surface area contributed by atoms with Crippen molar-refractivity contribution in [3.05, 3.63) is 48.3 Å². The fourth-order valence-electron chi connectivity index (χ4n) is 2.99. The van der Waals surface area contributed by atoms with Gasteiger partial charge in [0.1, 0.15) is 12.4 Å². The maximum Gasteiger partial charge on any atom is 0.138 e. The number of pyridine rings is 1. The molecule has 0 bridgehead atoms. The van der Waals surface area contributed by atoms with Crippen molar-refractivity contribution in [2.24, 2.45) is 0 Å². The molecule has 2 aromatic rings. The number of hydrogen-bond donors (Lipinski definition) is 0. The van der Waals surface area contributed by atoms with Crippen LogP contribution in [0, 0.1) is 0 Å². The van der Waals surface area contributed by atoms with Gasteiger partial charge in [-0.05, 0) is 62.8 Å². The summed E-state index contributed by atoms with van der Waals surface area (Å²) in [6.07, 6.45) is 12.2. The summed E-state index contributed by atoms with van der Waals surface area (Å²) in [6.45, 7) is 5.03. The standard InChI is InChI=1S/C18H23N3O/c1-14(2)21-13-20-11-18(21)17-8-4-3-6-15(17)12-22-16-7-5-9-19-10-16/h5,7,9-11,13-14H,3-4,6,8,12H2,1-2H3. The van der Waals surface area contributed by atoms with Crippen LogP contribution in [0.15, 0.2) is 42.6 Å². The monoisotopic (exact) mass is 297 g/mol. The zero-order valence-electron chi connectivity index (χ0n) is 13.3. The summed E-state index contributed by atoms with van der Waals surface area (Å²) in [5.41, 5.74) is 4.07. The van der Waals surface area contributed by atoms with E-state index < -0.39 is 0 Å². The highest BCUT2D eigenvalue weighted by Crippen LogP contribution is 2.33. The molecular weight excluding hydrogens is 274 g/mol. The summed E-state index contributed by atoms with van der Waals surface area (Å²) < 4.78 is 8.18. The van der Waals surface area contributed by atoms with Crippen LogP contribution >= 0.6 is 0 Å². The number of ether oxygens (including phenoxy) is 1. The molecule has 0 atom stereocenters. The SMILES string of the molecule is CC(C)n1cncc1C1=C(COc2cccnc2)CCCC1. The second-order valence-electron chi connectivity index (χ2n) is 6.05. The molecule has 0 aromatic carbocycles. The number of aromatic nitrogens is 3. The summed E-state index contributed by atoms with van der Waals surface area (Å²) in [5.74, 6) is 0.831. The van der Waals surface area contributed by atoms with Crippen LogP contribution in [-0.2, 0) is 0 Å². The molecule has 2 heterocycles. The third-order valence-electron chi connectivity index (χ3n) is 4.16. The van der Waals surface area contributed by atoms with Crippen LogP contribution < -0.4 is 4.74 Å². The fraction of sp³-hybridized carbons (Fsp3) is 0.444. The minimum Gasteiger partial charge on any atom is -0.488 e. The van der Waals surface area contributed by atoms with Crippen molar-refractivity contribution in [2.45, 2.75) is 45.6 Å². The summed E-state index contributed by atoms with van der Waals surface area (Å²) >= 11 is 0. The number of rotatable bonds is 5. The number of allylic oxidation sites excluding steroid dienone is 1. The van der Waals surface area contributed by atoms with E-state index in [4.69, 9.17) is 4.74 Å². The van der Waals surface area contributed by atoms with E-state index in [0.717, 1.165) is 18.6 Å². The normalized spacial score (nSPS) is 15.4. The molecule has 2 aromatic heterocycles. The van der Waals surface area contributed by atoms with Crippen molar-refractivity contribution in [3.8, 4) is 5.75 Å². The summed E-state index contributed by atoms with van der Waals surface area (Å²) in [7, 11) is 0. The van der Waals surface area contributed by atoms with E-state index in [1.165, 1.54) is 29.7 Å². The van der Waals surface area contributed by atoms with Crippen molar-refractivity contribution in [3.63, 3.8) is 0 Å². The molecule has 1 aliphatic carbocycles. The maximum absolute atomic E-state index is 5.92. The van der Waals surface area contributed by atoms with Gasteiger partial charge >= 0.3 is 0 Å². The highest BCUT2D eigenvalue weighted by atomic mass is 16.5. The van der Waals surface area contributed by atoms with Gasteiger partial charge in [-0.15, -0.1) is 0 Å². The zero-order chi connectivity index (χ0) is 15.4. The lowest BCUT2D eigenvalue weighted by atomic mass is 9.90. The van der Waals surface area contributed by atoms with Crippen LogP contribution in [0.5, 0.6) is 5.75 Å². The van der Waals surface area contributed by atoms with Gasteiger partial charge in [0, 0.05) is 12.2 Å². The van der Waals surface area contributed by atoms with Gasteiger partial charge in [0.25, 0.3) is 0 Å². The highest BCUT2D eigenvalue weighted by molar-refractivity contribution is 5.67. The summed E-state index contributed by atoms with van der Waals surface area (Å²) in [4.78, 5) is 8.45. The Morgan fingerprint density at radius 1 is 1.18 bits per heavy atom. The molecule has 1 aliphatic rings. The van der Waals surface area contributed by atoms with Crippen molar-refractivity contribution in [2.75, 3.05) is 6.61 Å². The zero-order valence-corrected chi connectivity index (χ0v) is 13.3. The topological polar surface area (TPSA) is 39.9 Å². The van der Waals surface area contributed by atoms with Crippen LogP contribution in [0.1, 0.15) is 51.3 Å². The van der Waals surface area contributed by atoms with E-state index in [1.807, 2.05) is 24.7 Å². The molecule has 0 amide bonds. The lowest BCUT2D eigenvalue weighted by Crippen LogP contribution is -2.11. The Labute approximate surface area is 131 Å². The van der Waals surface area contributed by atoms with Gasteiger partial charge < -0.3 is 9.30 Å². The third-order valence-corrected chi connectivity index (χ3v) is 4.16. The van der Waals surface area contributed by atoms with Crippen LogP contribution in [0.4, 0.5) is 0 Å². The minimum atomic E-state index is 0.424. The lowest BCUT2D eigenvalue weighted by Gasteiger charge is -2.23. The van der Waals surface area contributed by atoms with Gasteiger partial charge in [-0.1, -0.05) is 0 Å². The Hall–Kier alpha value is -2.10. The Morgan fingerprint density at radius 3 is 2.82 bits per heavy atom. The summed E-state index contributed by atoms with van der Waals surface area (Å²) in [6, 6.07) is 4.28. The quantitative estimate of drug-likeness (QED) is 0.827. The average Bonchev–Trinajstić information content (AvgIpc) is 3.04. The second kappa shape index (κ2) is 6.77. The Morgan fingerprint density at radius 2 is 2.05 bits per heavy atom. The van der Waals surface area contributed by atoms with Crippen molar-refractivity contribution >= 4 is 5.57 Å². The fourth-order valence-corrected chi connectivity index (χ4v) is 2.99. The number of hydrogen-bond acceptors (Lipinski definition) is 3. The van der Waals surface area contributed by atoms with Crippen molar-refractivity contribution in [1.29, 1.82) is 0 Å². The van der Waals surface area contributed by atoms with Gasteiger partial charge in [0.05, 0.1) is 24.4 Å². The van der Waals surface area contributed by atoms with E-state index in [1.54, 1.807) is 12.4 Å². The lowest BCUT2D eigenvalue weighted by molar-refractivity contribution is 0.343. The molecule has 22 heavy (non-hydrogen) atoms. The molecular formula is C18H23N3O. The molecule has 4 heteroatoms. The average molecular weight is 297 g/mol. The van der Waals surface area contributed by atoms with Gasteiger partial charge in [-0.3, -0.25) is 4.98 Å². The third kappa shape index (κ3) is 3.21. The van der Waals surface area contributed by atoms with Crippen LogP contribution in [-0.4, -0.2) is 21.1 Å². The van der Waals surface area contributed by atoms with Gasteiger partial charge in [0.15, 0.2) is 0 Å². The van der Waals surface area contributed by atoms with Gasteiger partial charge in [-0.2, -0.15) is 0 Å². The van der Waals surface area contributed by atoms with Crippen molar-refractivity contribution in [1.82, 2.24) is 14.5 Å². The second-order valence-corrected chi connectivity index (χ2v) is 6.05. The van der Waals surface area contributed by atoms with E-state index in [9.17, 15) is 0 Å². The Bertz CT molecular complexity index is 643.